The molecule has 0 saturated carbocycles. The van der Waals surface area contributed by atoms with Crippen molar-refractivity contribution in [2.45, 2.75) is 18.9 Å². The summed E-state index contributed by atoms with van der Waals surface area (Å²) in [5.41, 5.74) is 1.86. The van der Waals surface area contributed by atoms with E-state index in [0.29, 0.717) is 40.8 Å². The highest BCUT2D eigenvalue weighted by Gasteiger charge is 2.29. The van der Waals surface area contributed by atoms with E-state index in [1.54, 1.807) is 24.1 Å². The van der Waals surface area contributed by atoms with Crippen molar-refractivity contribution in [1.29, 1.82) is 0 Å². The van der Waals surface area contributed by atoms with Gasteiger partial charge in [-0.2, -0.15) is 0 Å². The fourth-order valence-corrected chi connectivity index (χ4v) is 4.19. The maximum absolute atomic E-state index is 11.4. The molecule has 7 nitrogen and oxygen atoms in total. The fraction of sp³-hybridized carbons (Fsp3) is 0.238. The van der Waals surface area contributed by atoms with Gasteiger partial charge in [0.15, 0.2) is 0 Å². The van der Waals surface area contributed by atoms with E-state index in [-0.39, 0.29) is 22.9 Å². The number of ether oxygens (including phenoxy) is 2. The zero-order chi connectivity index (χ0) is 21.3. The van der Waals surface area contributed by atoms with E-state index < -0.39 is 0 Å². The summed E-state index contributed by atoms with van der Waals surface area (Å²) in [6, 6.07) is 13.0. The molecular weight excluding hydrogens is 428 g/mol. The molecular formula is C21H19ClN2O5S. The molecule has 0 aliphatic carbocycles. The molecule has 9 heteroatoms. The Morgan fingerprint density at radius 3 is 2.57 bits per heavy atom. The maximum atomic E-state index is 11.4. The number of nitrogens with zero attached hydrogens (tertiary/aromatic N) is 1. The molecule has 0 bridgehead atoms. The summed E-state index contributed by atoms with van der Waals surface area (Å²) in [7, 11) is 1.74. The third-order valence-electron chi connectivity index (χ3n) is 4.94. The Morgan fingerprint density at radius 1 is 1.23 bits per heavy atom. The number of H-pyrrole nitrogens is 1. The number of aromatic hydroxyl groups is 1. The number of carbonyl (C=O) groups is 1. The lowest BCUT2D eigenvalue weighted by Gasteiger charge is -2.16. The molecule has 0 radical (unpaired) electrons. The van der Waals surface area contributed by atoms with Crippen LogP contribution in [0.15, 0.2) is 47.3 Å². The van der Waals surface area contributed by atoms with E-state index in [9.17, 15) is 14.7 Å². The van der Waals surface area contributed by atoms with Gasteiger partial charge in [0.05, 0.1) is 10.9 Å². The summed E-state index contributed by atoms with van der Waals surface area (Å²) < 4.78 is 10.9. The van der Waals surface area contributed by atoms with Gasteiger partial charge in [-0.1, -0.05) is 41.1 Å². The summed E-state index contributed by atoms with van der Waals surface area (Å²) in [6.45, 7) is 0.399. The standard InChI is InChI=1S/C21H19ClN2O5S/c1-24-14(11-28-21(24)27)8-12-2-5-15(6-3-12)29-16-7-4-13(17(22)10-16)9-18-19(25)23-20(26)30-18/h2-7,10,14,25H,8-9,11H2,1H3,(H,23,26). The monoisotopic (exact) mass is 446 g/mol. The smallest absolute Gasteiger partial charge is 0.409 e. The van der Waals surface area contributed by atoms with E-state index in [2.05, 4.69) is 4.98 Å². The number of carbonyl (C=O) groups excluding carboxylic acids is 1. The van der Waals surface area contributed by atoms with Crippen molar-refractivity contribution in [3.05, 3.63) is 73.2 Å². The van der Waals surface area contributed by atoms with E-state index in [1.807, 2.05) is 30.3 Å². The first kappa shape index (κ1) is 20.3. The zero-order valence-electron chi connectivity index (χ0n) is 16.1. The van der Waals surface area contributed by atoms with Gasteiger partial charge in [-0.25, -0.2) is 4.79 Å². The van der Waals surface area contributed by atoms with Crippen LogP contribution >= 0.6 is 22.9 Å². The zero-order valence-corrected chi connectivity index (χ0v) is 17.6. The average Bonchev–Trinajstić information content (AvgIpc) is 3.20. The van der Waals surface area contributed by atoms with Crippen molar-refractivity contribution in [3.8, 4) is 17.4 Å². The lowest BCUT2D eigenvalue weighted by molar-refractivity contribution is 0.163. The number of hydrogen-bond donors (Lipinski definition) is 2. The first-order valence-electron chi connectivity index (χ1n) is 9.25. The lowest BCUT2D eigenvalue weighted by atomic mass is 10.1. The molecule has 1 aliphatic heterocycles. The summed E-state index contributed by atoms with van der Waals surface area (Å²) in [4.78, 5) is 27.0. The van der Waals surface area contributed by atoms with E-state index >= 15 is 0 Å². The predicted octanol–water partition coefficient (Wildman–Crippen LogP) is 4.17. The number of nitrogens with one attached hydrogen (secondary N) is 1. The second-order valence-corrected chi connectivity index (χ2v) is 8.48. The molecule has 1 amide bonds. The Labute approximate surface area is 181 Å². The van der Waals surface area contributed by atoms with Gasteiger partial charge in [-0.3, -0.25) is 9.78 Å². The van der Waals surface area contributed by atoms with Gasteiger partial charge in [0.1, 0.15) is 18.1 Å². The van der Waals surface area contributed by atoms with E-state index in [4.69, 9.17) is 21.1 Å². The Balaban J connectivity index is 1.40. The molecule has 1 aromatic heterocycles. The minimum atomic E-state index is -0.305. The van der Waals surface area contributed by atoms with Gasteiger partial charge in [-0.15, -0.1) is 0 Å². The van der Waals surface area contributed by atoms with Crippen LogP contribution in [0.1, 0.15) is 16.0 Å². The molecule has 0 spiro atoms. The number of aromatic nitrogens is 1. The van der Waals surface area contributed by atoms with Crippen LogP contribution in [0.25, 0.3) is 0 Å². The Kier molecular flexibility index (Phi) is 5.69. The Hall–Kier alpha value is -2.97. The first-order valence-corrected chi connectivity index (χ1v) is 10.4. The predicted molar refractivity (Wildman–Crippen MR) is 114 cm³/mol. The van der Waals surface area contributed by atoms with Crippen LogP contribution in [0.2, 0.25) is 5.02 Å². The van der Waals surface area contributed by atoms with Crippen LogP contribution in [-0.4, -0.2) is 40.8 Å². The normalized spacial score (nSPS) is 16.0. The molecule has 156 valence electrons. The van der Waals surface area contributed by atoms with Gasteiger partial charge in [-0.05, 0) is 41.8 Å². The second kappa shape index (κ2) is 8.41. The van der Waals surface area contributed by atoms with E-state index in [1.165, 1.54) is 0 Å². The molecule has 2 N–H and O–H groups in total. The number of rotatable bonds is 6. The highest BCUT2D eigenvalue weighted by atomic mass is 35.5. The largest absolute Gasteiger partial charge is 0.494 e. The molecule has 2 aromatic carbocycles. The highest BCUT2D eigenvalue weighted by Crippen LogP contribution is 2.30. The maximum Gasteiger partial charge on any atom is 0.409 e. The van der Waals surface area contributed by atoms with Crippen molar-refractivity contribution in [3.63, 3.8) is 0 Å². The number of cyclic esters (lactones) is 1. The van der Waals surface area contributed by atoms with Crippen LogP contribution < -0.4 is 9.61 Å². The number of halogens is 1. The third kappa shape index (κ3) is 4.44. The molecule has 1 fully saturated rings. The molecule has 2 heterocycles. The Bertz CT molecular complexity index is 1130. The van der Waals surface area contributed by atoms with Gasteiger partial charge in [0, 0.05) is 18.5 Å². The quantitative estimate of drug-likeness (QED) is 0.592. The fourth-order valence-electron chi connectivity index (χ4n) is 3.21. The Morgan fingerprint density at radius 2 is 1.97 bits per heavy atom. The molecule has 1 atom stereocenters. The van der Waals surface area contributed by atoms with Crippen LogP contribution in [-0.2, 0) is 17.6 Å². The van der Waals surface area contributed by atoms with Crippen LogP contribution in [0.5, 0.6) is 17.4 Å². The molecule has 30 heavy (non-hydrogen) atoms. The van der Waals surface area contributed by atoms with Crippen LogP contribution in [0.4, 0.5) is 4.79 Å². The number of benzene rings is 2. The number of thiazole rings is 1. The van der Waals surface area contributed by atoms with Crippen molar-refractivity contribution in [2.24, 2.45) is 0 Å². The van der Waals surface area contributed by atoms with Gasteiger partial charge < -0.3 is 19.5 Å². The number of amides is 1. The summed E-state index contributed by atoms with van der Waals surface area (Å²) in [5.74, 6) is 1.12. The summed E-state index contributed by atoms with van der Waals surface area (Å²) in [5, 5.41) is 10.2. The highest BCUT2D eigenvalue weighted by molar-refractivity contribution is 7.09. The van der Waals surface area contributed by atoms with Crippen molar-refractivity contribution < 1.29 is 19.4 Å². The first-order chi connectivity index (χ1) is 14.4. The van der Waals surface area contributed by atoms with Gasteiger partial charge in [0.25, 0.3) is 0 Å². The number of likely N-dealkylation sites (N-methyl/N-ethyl adjacent to an activating group) is 1. The molecule has 1 aliphatic rings. The van der Waals surface area contributed by atoms with Crippen molar-refractivity contribution >= 4 is 29.0 Å². The number of aromatic amines is 1. The average molecular weight is 447 g/mol. The van der Waals surface area contributed by atoms with Crippen molar-refractivity contribution in [1.82, 2.24) is 9.88 Å². The molecule has 1 unspecified atom stereocenters. The second-order valence-electron chi connectivity index (χ2n) is 7.01. The lowest BCUT2D eigenvalue weighted by Crippen LogP contribution is -2.30. The van der Waals surface area contributed by atoms with Gasteiger partial charge in [0.2, 0.25) is 5.88 Å². The minimum Gasteiger partial charge on any atom is -0.494 e. The van der Waals surface area contributed by atoms with Gasteiger partial charge >= 0.3 is 11.0 Å². The van der Waals surface area contributed by atoms with Crippen molar-refractivity contribution in [2.75, 3.05) is 13.7 Å². The van der Waals surface area contributed by atoms with E-state index in [0.717, 1.165) is 22.5 Å². The molecule has 4 rings (SSSR count). The topological polar surface area (TPSA) is 91.9 Å². The third-order valence-corrected chi connectivity index (χ3v) is 6.16. The van der Waals surface area contributed by atoms with Crippen LogP contribution in [0.3, 0.4) is 0 Å². The number of hydrogen-bond acceptors (Lipinski definition) is 6. The summed E-state index contributed by atoms with van der Waals surface area (Å²) >= 11 is 7.32. The molecule has 3 aromatic rings. The SMILES string of the molecule is CN1C(=O)OCC1Cc1ccc(Oc2ccc(Cc3sc(=O)[nH]c3O)c(Cl)c2)cc1. The summed E-state index contributed by atoms with van der Waals surface area (Å²) in [6.07, 6.45) is 0.771. The minimum absolute atomic E-state index is 0.0358. The van der Waals surface area contributed by atoms with Crippen LogP contribution in [0, 0.1) is 0 Å². The molecule has 1 saturated heterocycles.